The van der Waals surface area contributed by atoms with Crippen LogP contribution in [-0.4, -0.2) is 28.6 Å². The number of non-ortho nitro benzene ring substituents is 1. The van der Waals surface area contributed by atoms with E-state index in [0.29, 0.717) is 6.61 Å². The average Bonchev–Trinajstić information content (AvgIpc) is 2.41. The zero-order chi connectivity index (χ0) is 15.6. The molecule has 0 bridgehead atoms. The van der Waals surface area contributed by atoms with Crippen molar-refractivity contribution >= 4 is 44.8 Å². The lowest BCUT2D eigenvalue weighted by molar-refractivity contribution is -0.384. The van der Waals surface area contributed by atoms with Gasteiger partial charge in [-0.05, 0) is 6.42 Å². The molecule has 1 fully saturated rings. The third-order valence-corrected chi connectivity index (χ3v) is 4.61. The highest BCUT2D eigenvalue weighted by Crippen LogP contribution is 2.41. The minimum atomic E-state index is -0.549. The Bertz CT molecular complexity index is 520. The summed E-state index contributed by atoms with van der Waals surface area (Å²) >= 11 is 15.6. The van der Waals surface area contributed by atoms with Gasteiger partial charge in [-0.15, -0.1) is 0 Å². The largest absolute Gasteiger partial charge is 0.484 e. The molecule has 0 spiro atoms. The van der Waals surface area contributed by atoms with Gasteiger partial charge in [0.2, 0.25) is 0 Å². The van der Waals surface area contributed by atoms with Gasteiger partial charge in [-0.1, -0.05) is 46.1 Å². The van der Waals surface area contributed by atoms with Crippen LogP contribution in [0.5, 0.6) is 5.75 Å². The van der Waals surface area contributed by atoms with Crippen molar-refractivity contribution in [3.05, 3.63) is 32.3 Å². The molecule has 2 rings (SSSR count). The van der Waals surface area contributed by atoms with E-state index in [1.54, 1.807) is 0 Å². The smallest absolute Gasteiger partial charge is 0.272 e. The maximum atomic E-state index is 10.7. The molecule has 0 aromatic heterocycles. The number of nitro groups is 1. The van der Waals surface area contributed by atoms with E-state index in [1.165, 1.54) is 12.1 Å². The molecule has 116 valence electrons. The summed E-state index contributed by atoms with van der Waals surface area (Å²) in [4.78, 5) is 10.4. The first-order chi connectivity index (χ1) is 9.93. The number of hydrogen-bond acceptors (Lipinski definition) is 4. The van der Waals surface area contributed by atoms with Crippen molar-refractivity contribution in [3.8, 4) is 5.75 Å². The van der Waals surface area contributed by atoms with Crippen LogP contribution in [0.4, 0.5) is 5.69 Å². The maximum Gasteiger partial charge on any atom is 0.272 e. The molecule has 3 unspecified atom stereocenters. The number of rotatable bonds is 6. The number of nitro benzene ring substituents is 1. The Morgan fingerprint density at radius 2 is 2.05 bits per heavy atom. The van der Waals surface area contributed by atoms with E-state index in [0.717, 1.165) is 12.8 Å². The van der Waals surface area contributed by atoms with E-state index in [4.69, 9.17) is 32.7 Å². The second kappa shape index (κ2) is 7.13. The van der Waals surface area contributed by atoms with E-state index < -0.39 is 4.92 Å². The van der Waals surface area contributed by atoms with Gasteiger partial charge in [-0.25, -0.2) is 0 Å². The van der Waals surface area contributed by atoms with Crippen molar-refractivity contribution in [1.82, 2.24) is 0 Å². The van der Waals surface area contributed by atoms with Crippen molar-refractivity contribution in [1.29, 1.82) is 0 Å². The lowest BCUT2D eigenvalue weighted by atomic mass is 9.91. The molecular weight excluding hydrogens is 385 g/mol. The lowest BCUT2D eigenvalue weighted by Crippen LogP contribution is -2.52. The van der Waals surface area contributed by atoms with Crippen LogP contribution in [0.2, 0.25) is 10.0 Å². The Labute approximate surface area is 140 Å². The third-order valence-electron chi connectivity index (χ3n) is 3.16. The highest BCUT2D eigenvalue weighted by Gasteiger charge is 2.43. The van der Waals surface area contributed by atoms with Gasteiger partial charge in [0.15, 0.2) is 5.75 Å². The van der Waals surface area contributed by atoms with Crippen molar-refractivity contribution in [2.75, 3.05) is 6.61 Å². The molecule has 1 aromatic carbocycles. The van der Waals surface area contributed by atoms with E-state index in [9.17, 15) is 10.1 Å². The zero-order valence-corrected chi connectivity index (χ0v) is 14.3. The quantitative estimate of drug-likeness (QED) is 0.398. The van der Waals surface area contributed by atoms with Gasteiger partial charge in [-0.3, -0.25) is 10.1 Å². The van der Waals surface area contributed by atoms with Crippen LogP contribution in [-0.2, 0) is 4.74 Å². The normalized spacial score (nSPS) is 24.5. The number of hydrogen-bond donors (Lipinski definition) is 0. The standard InChI is InChI=1S/C13H14BrCl2NO4/c1-2-3-20-12-8(14)6-11(12)21-13-9(15)4-7(17(18)19)5-10(13)16/h4-5,8,11-12H,2-3,6H2,1H3. The number of nitrogens with zero attached hydrogens (tertiary/aromatic N) is 1. The summed E-state index contributed by atoms with van der Waals surface area (Å²) in [6.45, 7) is 2.68. The summed E-state index contributed by atoms with van der Waals surface area (Å²) in [6.07, 6.45) is 1.43. The Morgan fingerprint density at radius 1 is 1.43 bits per heavy atom. The van der Waals surface area contributed by atoms with Crippen LogP contribution in [0.25, 0.3) is 0 Å². The van der Waals surface area contributed by atoms with Gasteiger partial charge in [-0.2, -0.15) is 0 Å². The molecule has 0 radical (unpaired) electrons. The first-order valence-electron chi connectivity index (χ1n) is 6.49. The highest BCUT2D eigenvalue weighted by atomic mass is 79.9. The van der Waals surface area contributed by atoms with Crippen molar-refractivity contribution in [3.63, 3.8) is 0 Å². The zero-order valence-electron chi connectivity index (χ0n) is 11.2. The van der Waals surface area contributed by atoms with Crippen LogP contribution in [0.3, 0.4) is 0 Å². The number of benzene rings is 1. The van der Waals surface area contributed by atoms with Crippen LogP contribution in [0, 0.1) is 10.1 Å². The van der Waals surface area contributed by atoms with Gasteiger partial charge in [0, 0.05) is 30.0 Å². The lowest BCUT2D eigenvalue weighted by Gasteiger charge is -2.41. The number of ether oxygens (including phenoxy) is 2. The van der Waals surface area contributed by atoms with Crippen LogP contribution in [0.15, 0.2) is 12.1 Å². The molecule has 0 N–H and O–H groups in total. The summed E-state index contributed by atoms with van der Waals surface area (Å²) < 4.78 is 11.5. The third kappa shape index (κ3) is 3.80. The summed E-state index contributed by atoms with van der Waals surface area (Å²) in [7, 11) is 0. The molecule has 1 aliphatic carbocycles. The first kappa shape index (κ1) is 16.8. The fourth-order valence-corrected chi connectivity index (χ4v) is 3.45. The molecule has 1 aliphatic rings. The molecule has 8 heteroatoms. The number of halogens is 3. The number of alkyl halides is 1. The fraction of sp³-hybridized carbons (Fsp3) is 0.538. The first-order valence-corrected chi connectivity index (χ1v) is 8.17. The Hall–Kier alpha value is -0.560. The van der Waals surface area contributed by atoms with Crippen LogP contribution >= 0.6 is 39.1 Å². The van der Waals surface area contributed by atoms with Crippen molar-refractivity contribution < 1.29 is 14.4 Å². The topological polar surface area (TPSA) is 61.6 Å². The van der Waals surface area contributed by atoms with Gasteiger partial charge < -0.3 is 9.47 Å². The van der Waals surface area contributed by atoms with Gasteiger partial charge in [0.25, 0.3) is 5.69 Å². The summed E-state index contributed by atoms with van der Waals surface area (Å²) in [5.74, 6) is 0.262. The van der Waals surface area contributed by atoms with E-state index in [2.05, 4.69) is 15.9 Å². The molecule has 5 nitrogen and oxygen atoms in total. The summed E-state index contributed by atoms with van der Waals surface area (Å²) in [5.41, 5.74) is -0.164. The highest BCUT2D eigenvalue weighted by molar-refractivity contribution is 9.09. The van der Waals surface area contributed by atoms with Crippen LogP contribution in [0.1, 0.15) is 19.8 Å². The second-order valence-electron chi connectivity index (χ2n) is 4.74. The summed E-state index contributed by atoms with van der Waals surface area (Å²) in [5, 5.41) is 11.0. The predicted molar refractivity (Wildman–Crippen MR) is 84.9 cm³/mol. The predicted octanol–water partition coefficient (Wildman–Crippen LogP) is 4.61. The minimum Gasteiger partial charge on any atom is -0.484 e. The molecule has 0 heterocycles. The molecule has 3 atom stereocenters. The Morgan fingerprint density at radius 3 is 2.52 bits per heavy atom. The van der Waals surface area contributed by atoms with E-state index in [-0.39, 0.29) is 38.5 Å². The Balaban J connectivity index is 2.11. The molecule has 1 saturated carbocycles. The molecule has 0 aliphatic heterocycles. The summed E-state index contributed by atoms with van der Waals surface area (Å²) in [6, 6.07) is 2.46. The molecule has 0 saturated heterocycles. The van der Waals surface area contributed by atoms with Gasteiger partial charge in [0.05, 0.1) is 15.0 Å². The second-order valence-corrected chi connectivity index (χ2v) is 6.73. The van der Waals surface area contributed by atoms with E-state index >= 15 is 0 Å². The van der Waals surface area contributed by atoms with Crippen molar-refractivity contribution in [2.24, 2.45) is 0 Å². The van der Waals surface area contributed by atoms with Crippen molar-refractivity contribution in [2.45, 2.75) is 36.8 Å². The Kier molecular flexibility index (Phi) is 5.71. The van der Waals surface area contributed by atoms with Crippen LogP contribution < -0.4 is 4.74 Å². The fourth-order valence-electron chi connectivity index (χ4n) is 2.02. The molecular formula is C13H14BrCl2NO4. The molecule has 1 aromatic rings. The maximum absolute atomic E-state index is 10.7. The average molecular weight is 399 g/mol. The van der Waals surface area contributed by atoms with Gasteiger partial charge >= 0.3 is 0 Å². The van der Waals surface area contributed by atoms with Gasteiger partial charge in [0.1, 0.15) is 12.2 Å². The molecule has 0 amide bonds. The molecule has 21 heavy (non-hydrogen) atoms. The van der Waals surface area contributed by atoms with E-state index in [1.807, 2.05) is 6.92 Å². The minimum absolute atomic E-state index is 0.0766. The monoisotopic (exact) mass is 397 g/mol. The SMILES string of the molecule is CCCOC1C(Br)CC1Oc1c(Cl)cc([N+](=O)[O-])cc1Cl.